The van der Waals surface area contributed by atoms with E-state index >= 15 is 0 Å². The number of urea groups is 1. The first-order valence-electron chi connectivity index (χ1n) is 8.70. The van der Waals surface area contributed by atoms with Gasteiger partial charge in [-0.3, -0.25) is 10.1 Å². The third kappa shape index (κ3) is 4.98. The number of nitrogens with zero attached hydrogens (tertiary/aromatic N) is 1. The minimum absolute atomic E-state index is 0.291. The summed E-state index contributed by atoms with van der Waals surface area (Å²) >= 11 is 9.78. The van der Waals surface area contributed by atoms with Gasteiger partial charge in [0.2, 0.25) is 0 Å². The second-order valence-corrected chi connectivity index (χ2v) is 7.49. The van der Waals surface area contributed by atoms with Gasteiger partial charge in [-0.15, -0.1) is 0 Å². The Morgan fingerprint density at radius 3 is 2.63 bits per heavy atom. The number of carbonyl (C=O) groups is 2. The van der Waals surface area contributed by atoms with Crippen LogP contribution in [0.4, 0.5) is 4.79 Å². The van der Waals surface area contributed by atoms with E-state index in [-0.39, 0.29) is 5.57 Å². The average molecular weight is 485 g/mol. The maximum Gasteiger partial charge on any atom is 0.319 e. The molecule has 8 heteroatoms. The summed E-state index contributed by atoms with van der Waals surface area (Å²) in [6.45, 7) is 0.305. The van der Waals surface area contributed by atoms with Crippen molar-refractivity contribution in [3.8, 4) is 11.8 Å². The lowest BCUT2D eigenvalue weighted by Gasteiger charge is -2.13. The molecule has 3 amide bonds. The van der Waals surface area contributed by atoms with E-state index in [4.69, 9.17) is 27.3 Å². The highest BCUT2D eigenvalue weighted by atomic mass is 79.9. The highest BCUT2D eigenvalue weighted by molar-refractivity contribution is 9.10. The predicted molar refractivity (Wildman–Crippen MR) is 119 cm³/mol. The van der Waals surface area contributed by atoms with Crippen molar-refractivity contribution < 1.29 is 14.3 Å². The lowest BCUT2D eigenvalue weighted by Crippen LogP contribution is -2.35. The molecule has 6 nitrogen and oxygen atoms in total. The number of hydrogen-bond acceptors (Lipinski definition) is 4. The van der Waals surface area contributed by atoms with Crippen molar-refractivity contribution in [2.45, 2.75) is 6.61 Å². The average Bonchev–Trinajstić information content (AvgIpc) is 2.71. The van der Waals surface area contributed by atoms with E-state index < -0.39 is 11.9 Å². The molecule has 0 saturated carbocycles. The molecule has 0 heterocycles. The van der Waals surface area contributed by atoms with Crippen LogP contribution >= 0.6 is 27.5 Å². The summed E-state index contributed by atoms with van der Waals surface area (Å²) in [6, 6.07) is 17.9. The van der Waals surface area contributed by atoms with Crippen LogP contribution in [0.25, 0.3) is 16.8 Å². The summed E-state index contributed by atoms with van der Waals surface area (Å²) < 4.78 is 6.49. The van der Waals surface area contributed by atoms with Crippen LogP contribution in [0.1, 0.15) is 11.1 Å². The number of ether oxygens (including phenoxy) is 1. The van der Waals surface area contributed by atoms with Crippen LogP contribution in [0.5, 0.6) is 5.75 Å². The largest absolute Gasteiger partial charge is 0.486 e. The highest BCUT2D eigenvalue weighted by Crippen LogP contribution is 2.36. The van der Waals surface area contributed by atoms with E-state index in [1.54, 1.807) is 18.2 Å². The predicted octanol–water partition coefficient (Wildman–Crippen LogP) is 4.94. The van der Waals surface area contributed by atoms with Crippen LogP contribution < -0.4 is 15.8 Å². The first kappa shape index (κ1) is 21.4. The number of amides is 3. The topological polar surface area (TPSA) is 105 Å². The van der Waals surface area contributed by atoms with Gasteiger partial charge < -0.3 is 10.5 Å². The van der Waals surface area contributed by atoms with E-state index in [1.165, 1.54) is 6.08 Å². The molecular formula is C22H15BrClN3O3. The molecule has 30 heavy (non-hydrogen) atoms. The van der Waals surface area contributed by atoms with Crippen molar-refractivity contribution in [1.82, 2.24) is 5.32 Å². The molecule has 0 bridgehead atoms. The van der Waals surface area contributed by atoms with Gasteiger partial charge in [0.1, 0.15) is 18.2 Å². The first-order valence-corrected chi connectivity index (χ1v) is 9.87. The van der Waals surface area contributed by atoms with Gasteiger partial charge in [0.25, 0.3) is 5.91 Å². The molecule has 3 aromatic carbocycles. The normalized spacial score (nSPS) is 11.0. The number of rotatable bonds is 5. The second-order valence-electron chi connectivity index (χ2n) is 6.23. The van der Waals surface area contributed by atoms with Crippen molar-refractivity contribution in [3.63, 3.8) is 0 Å². The number of hydrogen-bond donors (Lipinski definition) is 2. The number of carbonyl (C=O) groups excluding carboxylic acids is 2. The molecule has 0 spiro atoms. The quantitative estimate of drug-likeness (QED) is 0.395. The fourth-order valence-electron chi connectivity index (χ4n) is 2.86. The van der Waals surface area contributed by atoms with Gasteiger partial charge in [-0.05, 0) is 56.0 Å². The molecule has 0 radical (unpaired) electrons. The number of nitriles is 1. The van der Waals surface area contributed by atoms with Gasteiger partial charge in [0.15, 0.2) is 5.75 Å². The molecule has 0 fully saturated rings. The summed E-state index contributed by atoms with van der Waals surface area (Å²) in [5.74, 6) is -0.463. The summed E-state index contributed by atoms with van der Waals surface area (Å²) in [4.78, 5) is 22.6. The van der Waals surface area contributed by atoms with Gasteiger partial charge in [-0.2, -0.15) is 5.26 Å². The Labute approximate surface area is 186 Å². The van der Waals surface area contributed by atoms with Crippen molar-refractivity contribution in [3.05, 3.63) is 80.8 Å². The minimum Gasteiger partial charge on any atom is -0.486 e. The van der Waals surface area contributed by atoms with Crippen LogP contribution in [0, 0.1) is 11.3 Å². The molecule has 0 saturated heterocycles. The molecule has 0 aliphatic heterocycles. The molecule has 0 aromatic heterocycles. The molecule has 3 aromatic rings. The number of nitrogens with one attached hydrogen (secondary N) is 1. The Morgan fingerprint density at radius 2 is 1.93 bits per heavy atom. The van der Waals surface area contributed by atoms with E-state index in [9.17, 15) is 9.59 Å². The summed E-state index contributed by atoms with van der Waals surface area (Å²) in [7, 11) is 0. The fraction of sp³-hybridized carbons (Fsp3) is 0.0455. The maximum absolute atomic E-state index is 11.8. The molecule has 150 valence electrons. The Bertz CT molecular complexity index is 1190. The Morgan fingerprint density at radius 1 is 1.20 bits per heavy atom. The fourth-order valence-corrected chi connectivity index (χ4v) is 3.85. The van der Waals surface area contributed by atoms with Crippen LogP contribution in [0.15, 0.2) is 64.6 Å². The van der Waals surface area contributed by atoms with E-state index in [0.29, 0.717) is 27.4 Å². The number of halogens is 2. The van der Waals surface area contributed by atoms with Crippen molar-refractivity contribution >= 4 is 56.3 Å². The van der Waals surface area contributed by atoms with Gasteiger partial charge >= 0.3 is 6.03 Å². The molecule has 0 aliphatic carbocycles. The summed E-state index contributed by atoms with van der Waals surface area (Å²) in [5.41, 5.74) is 6.10. The van der Waals surface area contributed by atoms with E-state index in [2.05, 4.69) is 15.9 Å². The number of fused-ring (bicyclic) bond motifs is 1. The molecule has 3 N–H and O–H groups in total. The Kier molecular flexibility index (Phi) is 6.72. The molecular weight excluding hydrogens is 470 g/mol. The van der Waals surface area contributed by atoms with E-state index in [1.807, 2.05) is 47.8 Å². The van der Waals surface area contributed by atoms with Crippen LogP contribution in [-0.4, -0.2) is 11.9 Å². The van der Waals surface area contributed by atoms with Crippen molar-refractivity contribution in [1.29, 1.82) is 5.26 Å². The first-order chi connectivity index (χ1) is 14.4. The van der Waals surface area contributed by atoms with Crippen LogP contribution in [0.2, 0.25) is 5.02 Å². The maximum atomic E-state index is 11.8. The zero-order chi connectivity index (χ0) is 21.7. The van der Waals surface area contributed by atoms with E-state index in [0.717, 1.165) is 16.3 Å². The summed E-state index contributed by atoms with van der Waals surface area (Å²) in [6.07, 6.45) is 1.30. The number of nitrogens with two attached hydrogens (primary N) is 1. The zero-order valence-corrected chi connectivity index (χ0v) is 17.8. The summed E-state index contributed by atoms with van der Waals surface area (Å²) in [5, 5.41) is 13.5. The Hall–Kier alpha value is -3.34. The molecule has 0 aliphatic rings. The monoisotopic (exact) mass is 483 g/mol. The smallest absolute Gasteiger partial charge is 0.319 e. The number of primary amides is 1. The van der Waals surface area contributed by atoms with Gasteiger partial charge in [-0.1, -0.05) is 54.1 Å². The van der Waals surface area contributed by atoms with Gasteiger partial charge in [0.05, 0.1) is 9.50 Å². The number of benzene rings is 3. The van der Waals surface area contributed by atoms with Crippen molar-refractivity contribution in [2.75, 3.05) is 0 Å². The van der Waals surface area contributed by atoms with Gasteiger partial charge in [0, 0.05) is 0 Å². The van der Waals surface area contributed by atoms with Crippen LogP contribution in [-0.2, 0) is 11.4 Å². The third-order valence-corrected chi connectivity index (χ3v) is 5.06. The van der Waals surface area contributed by atoms with Crippen LogP contribution in [0.3, 0.4) is 0 Å². The Balaban J connectivity index is 1.84. The highest BCUT2D eigenvalue weighted by Gasteiger charge is 2.14. The lowest BCUT2D eigenvalue weighted by atomic mass is 10.1. The molecule has 0 unspecified atom stereocenters. The van der Waals surface area contributed by atoms with Gasteiger partial charge in [-0.25, -0.2) is 4.79 Å². The molecule has 0 atom stereocenters. The molecule has 3 rings (SSSR count). The SMILES string of the molecule is N#C/C(=C/c1cc(Cl)c(OCc2cccc3ccccc23)c(Br)c1)C(=O)NC(N)=O. The second kappa shape index (κ2) is 9.44. The third-order valence-electron chi connectivity index (χ3n) is 4.19. The zero-order valence-electron chi connectivity index (χ0n) is 15.5. The standard InChI is InChI=1S/C22H15BrClN3O3/c23-18-9-13(8-16(11-25)21(28)27-22(26)29)10-19(24)20(18)30-12-15-6-3-5-14-4-1-2-7-17(14)15/h1-10H,12H2,(H3,26,27,28,29)/b16-8-. The van der Waals surface area contributed by atoms with Crippen molar-refractivity contribution in [2.24, 2.45) is 5.73 Å². The minimum atomic E-state index is -1.04. The number of imide groups is 1. The lowest BCUT2D eigenvalue weighted by molar-refractivity contribution is -0.115.